The fourth-order valence-electron chi connectivity index (χ4n) is 1.64. The van der Waals surface area contributed by atoms with E-state index in [-0.39, 0.29) is 5.69 Å². The summed E-state index contributed by atoms with van der Waals surface area (Å²) in [6, 6.07) is 6.87. The van der Waals surface area contributed by atoms with Gasteiger partial charge in [-0.3, -0.25) is 4.79 Å². The minimum absolute atomic E-state index is 0.0776. The monoisotopic (exact) mass is 192 g/mol. The lowest BCUT2D eigenvalue weighted by molar-refractivity contribution is 0.0982. The number of amides is 1. The Labute approximate surface area is 79.9 Å². The summed E-state index contributed by atoms with van der Waals surface area (Å²) in [5, 5.41) is 0.712. The van der Waals surface area contributed by atoms with E-state index in [1.54, 1.807) is 31.2 Å². The Morgan fingerprint density at radius 1 is 1.43 bits per heavy atom. The van der Waals surface area contributed by atoms with Crippen LogP contribution in [0.2, 0.25) is 0 Å². The molecular formula is C10H9FN2O. The number of nitrogens with zero attached hydrogens (tertiary/aromatic N) is 1. The zero-order valence-electron chi connectivity index (χ0n) is 7.62. The fraction of sp³-hybridized carbons (Fsp3) is 0.100. The van der Waals surface area contributed by atoms with E-state index >= 15 is 0 Å². The summed E-state index contributed by atoms with van der Waals surface area (Å²) in [4.78, 5) is 11.3. The highest BCUT2D eigenvalue weighted by Crippen LogP contribution is 2.24. The molecule has 0 bridgehead atoms. The molecule has 14 heavy (non-hydrogen) atoms. The first-order chi connectivity index (χ1) is 6.63. The van der Waals surface area contributed by atoms with E-state index in [1.165, 1.54) is 0 Å². The summed E-state index contributed by atoms with van der Waals surface area (Å²) in [5.74, 6) is -0.749. The van der Waals surface area contributed by atoms with Crippen molar-refractivity contribution in [3.8, 4) is 0 Å². The van der Waals surface area contributed by atoms with Crippen molar-refractivity contribution in [2.45, 2.75) is 6.92 Å². The SMILES string of the molecule is Cc1c(C(N)=O)n(F)c2ccccc12. The Balaban J connectivity index is 2.92. The van der Waals surface area contributed by atoms with E-state index in [9.17, 15) is 9.28 Å². The number of carbonyl (C=O) groups excluding carboxylic acids is 1. The zero-order chi connectivity index (χ0) is 10.3. The molecule has 1 aromatic carbocycles. The number of aryl methyl sites for hydroxylation is 1. The predicted molar refractivity (Wildman–Crippen MR) is 51.7 cm³/mol. The number of fused-ring (bicyclic) bond motifs is 1. The van der Waals surface area contributed by atoms with Crippen molar-refractivity contribution >= 4 is 16.8 Å². The lowest BCUT2D eigenvalue weighted by Crippen LogP contribution is -2.15. The molecule has 0 saturated carbocycles. The molecule has 3 nitrogen and oxygen atoms in total. The van der Waals surface area contributed by atoms with Crippen LogP contribution in [0.4, 0.5) is 4.48 Å². The molecule has 2 rings (SSSR count). The van der Waals surface area contributed by atoms with Crippen molar-refractivity contribution in [1.82, 2.24) is 4.79 Å². The van der Waals surface area contributed by atoms with E-state index in [1.807, 2.05) is 0 Å². The molecule has 4 heteroatoms. The molecule has 0 fully saturated rings. The fourth-order valence-corrected chi connectivity index (χ4v) is 1.64. The third kappa shape index (κ3) is 1.00. The first-order valence-corrected chi connectivity index (χ1v) is 4.19. The molecule has 0 spiro atoms. The molecule has 0 radical (unpaired) electrons. The number of rotatable bonds is 1. The van der Waals surface area contributed by atoms with E-state index in [0.717, 1.165) is 0 Å². The number of halogens is 1. The Hall–Kier alpha value is -1.84. The Kier molecular flexibility index (Phi) is 1.77. The van der Waals surface area contributed by atoms with E-state index < -0.39 is 5.91 Å². The van der Waals surface area contributed by atoms with Gasteiger partial charge in [0.15, 0.2) is 0 Å². The molecule has 2 aromatic rings. The largest absolute Gasteiger partial charge is 0.364 e. The minimum atomic E-state index is -0.749. The average Bonchev–Trinajstić information content (AvgIpc) is 2.41. The number of benzene rings is 1. The number of para-hydroxylation sites is 1. The molecule has 72 valence electrons. The number of primary amides is 1. The van der Waals surface area contributed by atoms with Gasteiger partial charge >= 0.3 is 0 Å². The van der Waals surface area contributed by atoms with Gasteiger partial charge in [0.05, 0.1) is 5.52 Å². The van der Waals surface area contributed by atoms with Crippen molar-refractivity contribution in [3.05, 3.63) is 35.5 Å². The van der Waals surface area contributed by atoms with Crippen LogP contribution >= 0.6 is 0 Å². The van der Waals surface area contributed by atoms with Crippen molar-refractivity contribution in [2.24, 2.45) is 5.73 Å². The van der Waals surface area contributed by atoms with Crippen LogP contribution < -0.4 is 5.73 Å². The summed E-state index contributed by atoms with van der Waals surface area (Å²) < 4.78 is 13.6. The molecular weight excluding hydrogens is 183 g/mol. The molecule has 0 atom stereocenters. The van der Waals surface area contributed by atoms with E-state index in [2.05, 4.69) is 0 Å². The standard InChI is InChI=1S/C10H9FN2O/c1-6-7-4-2-3-5-8(7)13(11)9(6)10(12)14/h2-5H,1H3,(H2,12,14). The van der Waals surface area contributed by atoms with Gasteiger partial charge in [0.1, 0.15) is 5.69 Å². The highest BCUT2D eigenvalue weighted by molar-refractivity contribution is 6.00. The summed E-state index contributed by atoms with van der Waals surface area (Å²) >= 11 is 0. The third-order valence-electron chi connectivity index (χ3n) is 2.30. The van der Waals surface area contributed by atoms with Crippen LogP contribution in [0.15, 0.2) is 24.3 Å². The van der Waals surface area contributed by atoms with Gasteiger partial charge in [-0.1, -0.05) is 22.7 Å². The van der Waals surface area contributed by atoms with Gasteiger partial charge < -0.3 is 5.73 Å². The van der Waals surface area contributed by atoms with Crippen LogP contribution in [0, 0.1) is 6.92 Å². The predicted octanol–water partition coefficient (Wildman–Crippen LogP) is 1.78. The van der Waals surface area contributed by atoms with Crippen LogP contribution in [0.25, 0.3) is 10.9 Å². The number of nitrogens with two attached hydrogens (primary N) is 1. The maximum atomic E-state index is 13.6. The second kappa shape index (κ2) is 2.83. The normalized spacial score (nSPS) is 10.7. The summed E-state index contributed by atoms with van der Waals surface area (Å²) in [7, 11) is 0. The molecule has 1 aromatic heterocycles. The first-order valence-electron chi connectivity index (χ1n) is 4.19. The topological polar surface area (TPSA) is 48.0 Å². The lowest BCUT2D eigenvalue weighted by atomic mass is 10.1. The summed E-state index contributed by atoms with van der Waals surface area (Å²) in [6.07, 6.45) is 0. The lowest BCUT2D eigenvalue weighted by Gasteiger charge is -1.94. The van der Waals surface area contributed by atoms with Gasteiger partial charge in [0.2, 0.25) is 0 Å². The Morgan fingerprint density at radius 3 is 2.64 bits per heavy atom. The van der Waals surface area contributed by atoms with Crippen LogP contribution in [0.3, 0.4) is 0 Å². The summed E-state index contributed by atoms with van der Waals surface area (Å²) in [6.45, 7) is 1.68. The average molecular weight is 192 g/mol. The van der Waals surface area contributed by atoms with Gasteiger partial charge in [-0.05, 0) is 18.6 Å². The molecule has 2 N–H and O–H groups in total. The van der Waals surface area contributed by atoms with Gasteiger partial charge in [-0.2, -0.15) is 4.79 Å². The highest BCUT2D eigenvalue weighted by atomic mass is 19.2. The molecule has 0 unspecified atom stereocenters. The Morgan fingerprint density at radius 2 is 2.07 bits per heavy atom. The number of hydrogen-bond acceptors (Lipinski definition) is 1. The van der Waals surface area contributed by atoms with Crippen molar-refractivity contribution in [2.75, 3.05) is 0 Å². The second-order valence-electron chi connectivity index (χ2n) is 3.14. The third-order valence-corrected chi connectivity index (χ3v) is 2.30. The highest BCUT2D eigenvalue weighted by Gasteiger charge is 2.17. The van der Waals surface area contributed by atoms with Crippen molar-refractivity contribution in [3.63, 3.8) is 0 Å². The smallest absolute Gasteiger partial charge is 0.268 e. The number of carbonyl (C=O) groups is 1. The van der Waals surface area contributed by atoms with Gasteiger partial charge in [0, 0.05) is 5.39 Å². The Bertz CT molecular complexity index is 477. The first kappa shape index (κ1) is 8.74. The zero-order valence-corrected chi connectivity index (χ0v) is 7.62. The number of aromatic nitrogens is 1. The summed E-state index contributed by atoms with van der Waals surface area (Å²) in [5.41, 5.74) is 5.96. The maximum Gasteiger partial charge on any atom is 0.268 e. The van der Waals surface area contributed by atoms with Crippen LogP contribution in [0.1, 0.15) is 16.1 Å². The maximum absolute atomic E-state index is 13.6. The van der Waals surface area contributed by atoms with Crippen LogP contribution in [-0.2, 0) is 0 Å². The van der Waals surface area contributed by atoms with Gasteiger partial charge in [-0.15, -0.1) is 0 Å². The van der Waals surface area contributed by atoms with Crippen molar-refractivity contribution in [1.29, 1.82) is 0 Å². The quantitative estimate of drug-likeness (QED) is 0.735. The van der Waals surface area contributed by atoms with Crippen LogP contribution in [-0.4, -0.2) is 10.7 Å². The van der Waals surface area contributed by atoms with Gasteiger partial charge in [-0.25, -0.2) is 0 Å². The van der Waals surface area contributed by atoms with Crippen molar-refractivity contribution < 1.29 is 9.28 Å². The van der Waals surface area contributed by atoms with Crippen LogP contribution in [0.5, 0.6) is 0 Å². The second-order valence-corrected chi connectivity index (χ2v) is 3.14. The molecule has 0 saturated heterocycles. The molecule has 1 amide bonds. The van der Waals surface area contributed by atoms with Gasteiger partial charge in [0.25, 0.3) is 5.91 Å². The molecule has 0 aliphatic heterocycles. The van der Waals surface area contributed by atoms with E-state index in [0.29, 0.717) is 21.3 Å². The molecule has 0 aliphatic rings. The minimum Gasteiger partial charge on any atom is -0.364 e. The molecule has 0 aliphatic carbocycles. The van der Waals surface area contributed by atoms with E-state index in [4.69, 9.17) is 5.73 Å². The number of hydrogen-bond donors (Lipinski definition) is 1. The molecule has 1 heterocycles.